The van der Waals surface area contributed by atoms with E-state index < -0.39 is 5.91 Å². The van der Waals surface area contributed by atoms with Crippen molar-refractivity contribution in [2.75, 3.05) is 5.32 Å². The Balaban J connectivity index is 1.89. The van der Waals surface area contributed by atoms with Gasteiger partial charge in [-0.15, -0.1) is 11.3 Å². The first-order valence-corrected chi connectivity index (χ1v) is 7.57. The molecule has 0 aliphatic carbocycles. The van der Waals surface area contributed by atoms with Crippen LogP contribution in [0, 0.1) is 0 Å². The van der Waals surface area contributed by atoms with Gasteiger partial charge in [-0.2, -0.15) is 0 Å². The minimum Gasteiger partial charge on any atom is -0.455 e. The summed E-state index contributed by atoms with van der Waals surface area (Å²) in [5, 5.41) is 3.47. The number of carbonyl (C=O) groups excluding carboxylic acids is 2. The Hall–Kier alpha value is -2.93. The lowest BCUT2D eigenvalue weighted by atomic mass is 10.2. The van der Waals surface area contributed by atoms with Gasteiger partial charge >= 0.3 is 0 Å². The number of nitrogens with two attached hydrogens (primary N) is 1. The molecule has 3 aromatic rings. The average Bonchev–Trinajstić information content (AvgIpc) is 2.94. The third-order valence-electron chi connectivity index (χ3n) is 3.06. The van der Waals surface area contributed by atoms with Gasteiger partial charge in [0.15, 0.2) is 5.75 Å². The predicted octanol–water partition coefficient (Wildman–Crippen LogP) is 3.15. The number of anilines is 1. The largest absolute Gasteiger partial charge is 0.455 e. The molecule has 1 aromatic carbocycles. The van der Waals surface area contributed by atoms with Crippen LogP contribution in [0.15, 0.2) is 42.7 Å². The number of pyridine rings is 1. The number of rotatable bonds is 4. The molecule has 2 amide bonds. The van der Waals surface area contributed by atoms with Crippen molar-refractivity contribution in [2.24, 2.45) is 5.73 Å². The van der Waals surface area contributed by atoms with Gasteiger partial charge in [-0.05, 0) is 30.3 Å². The van der Waals surface area contributed by atoms with Crippen molar-refractivity contribution in [2.45, 2.75) is 6.92 Å². The van der Waals surface area contributed by atoms with Gasteiger partial charge in [-0.1, -0.05) is 0 Å². The van der Waals surface area contributed by atoms with E-state index in [1.54, 1.807) is 42.7 Å². The lowest BCUT2D eigenvalue weighted by molar-refractivity contribution is -0.114. The number of fused-ring (bicyclic) bond motifs is 1. The van der Waals surface area contributed by atoms with Crippen LogP contribution < -0.4 is 15.8 Å². The molecule has 0 atom stereocenters. The molecular weight excluding hydrogens is 314 g/mol. The Kier molecular flexibility index (Phi) is 3.94. The van der Waals surface area contributed by atoms with E-state index in [-0.39, 0.29) is 5.91 Å². The topological polar surface area (TPSA) is 94.3 Å². The maximum Gasteiger partial charge on any atom is 0.258 e. The van der Waals surface area contributed by atoms with Crippen molar-refractivity contribution < 1.29 is 14.3 Å². The summed E-state index contributed by atoms with van der Waals surface area (Å²) >= 11 is 1.27. The Bertz CT molecular complexity index is 887. The minimum atomic E-state index is -0.475. The lowest BCUT2D eigenvalue weighted by Crippen LogP contribution is -2.08. The van der Waals surface area contributed by atoms with Crippen molar-refractivity contribution in [3.8, 4) is 11.5 Å². The van der Waals surface area contributed by atoms with Gasteiger partial charge in [0.2, 0.25) is 5.91 Å². The molecule has 0 saturated carbocycles. The van der Waals surface area contributed by atoms with Gasteiger partial charge in [-0.3, -0.25) is 14.6 Å². The summed E-state index contributed by atoms with van der Waals surface area (Å²) in [5.74, 6) is 0.528. The van der Waals surface area contributed by atoms with Crippen molar-refractivity contribution in [1.29, 1.82) is 0 Å². The molecule has 0 fully saturated rings. The van der Waals surface area contributed by atoms with Crippen LogP contribution >= 0.6 is 11.3 Å². The number of amides is 2. The fourth-order valence-corrected chi connectivity index (χ4v) is 2.97. The molecule has 2 aromatic heterocycles. The summed E-state index contributed by atoms with van der Waals surface area (Å²) in [5.41, 5.74) is 6.00. The van der Waals surface area contributed by atoms with Crippen molar-refractivity contribution in [1.82, 2.24) is 4.98 Å². The predicted molar refractivity (Wildman–Crippen MR) is 89.0 cm³/mol. The molecule has 0 bridgehead atoms. The maximum absolute atomic E-state index is 11.3. The zero-order chi connectivity index (χ0) is 16.4. The SMILES string of the molecule is CC(=O)Nc1ccc(Oc2cncc3sc(C(N)=O)cc23)cc1. The number of primary amides is 1. The fraction of sp³-hybridized carbons (Fsp3) is 0.0625. The highest BCUT2D eigenvalue weighted by atomic mass is 32.1. The number of hydrogen-bond acceptors (Lipinski definition) is 5. The summed E-state index contributed by atoms with van der Waals surface area (Å²) in [6.07, 6.45) is 3.25. The first kappa shape index (κ1) is 15.0. The molecule has 3 N–H and O–H groups in total. The number of aromatic nitrogens is 1. The van der Waals surface area contributed by atoms with E-state index >= 15 is 0 Å². The number of nitrogens with zero attached hydrogens (tertiary/aromatic N) is 1. The normalized spacial score (nSPS) is 10.5. The van der Waals surface area contributed by atoms with Gasteiger partial charge in [0.05, 0.1) is 15.8 Å². The second-order valence-corrected chi connectivity index (χ2v) is 5.92. The first-order valence-electron chi connectivity index (χ1n) is 6.76. The van der Waals surface area contributed by atoms with E-state index in [0.717, 1.165) is 10.1 Å². The zero-order valence-corrected chi connectivity index (χ0v) is 13.0. The van der Waals surface area contributed by atoms with E-state index in [1.165, 1.54) is 18.3 Å². The van der Waals surface area contributed by atoms with E-state index in [4.69, 9.17) is 10.5 Å². The monoisotopic (exact) mass is 327 g/mol. The van der Waals surface area contributed by atoms with Crippen molar-refractivity contribution in [3.05, 3.63) is 47.6 Å². The number of nitrogens with one attached hydrogen (secondary N) is 1. The standard InChI is InChI=1S/C16H13N3O3S/c1-9(20)19-10-2-4-11(5-3-10)22-13-7-18-8-15-12(13)6-14(23-15)16(17)21/h2-8H,1H3,(H2,17,21)(H,19,20). The molecule has 23 heavy (non-hydrogen) atoms. The Morgan fingerprint density at radius 3 is 2.61 bits per heavy atom. The number of hydrogen-bond donors (Lipinski definition) is 2. The number of benzene rings is 1. The summed E-state index contributed by atoms with van der Waals surface area (Å²) < 4.78 is 6.65. The van der Waals surface area contributed by atoms with E-state index in [0.29, 0.717) is 22.1 Å². The number of thiophene rings is 1. The van der Waals surface area contributed by atoms with Crippen LogP contribution in [-0.4, -0.2) is 16.8 Å². The zero-order valence-electron chi connectivity index (χ0n) is 12.2. The van der Waals surface area contributed by atoms with E-state index in [9.17, 15) is 9.59 Å². The quantitative estimate of drug-likeness (QED) is 0.769. The lowest BCUT2D eigenvalue weighted by Gasteiger charge is -2.07. The Morgan fingerprint density at radius 1 is 1.22 bits per heavy atom. The number of ether oxygens (including phenoxy) is 1. The molecular formula is C16H13N3O3S. The molecule has 0 saturated heterocycles. The van der Waals surface area contributed by atoms with Crippen molar-refractivity contribution >= 4 is 38.9 Å². The maximum atomic E-state index is 11.3. The van der Waals surface area contributed by atoms with Crippen LogP contribution in [0.5, 0.6) is 11.5 Å². The van der Waals surface area contributed by atoms with Gasteiger partial charge in [0.1, 0.15) is 5.75 Å². The van der Waals surface area contributed by atoms with Crippen LogP contribution in [0.1, 0.15) is 16.6 Å². The molecule has 116 valence electrons. The van der Waals surface area contributed by atoms with Crippen LogP contribution in [0.3, 0.4) is 0 Å². The highest BCUT2D eigenvalue weighted by molar-refractivity contribution is 7.20. The highest BCUT2D eigenvalue weighted by Gasteiger charge is 2.11. The first-order chi connectivity index (χ1) is 11.0. The van der Waals surface area contributed by atoms with Crippen LogP contribution in [0.2, 0.25) is 0 Å². The second-order valence-electron chi connectivity index (χ2n) is 4.83. The molecule has 0 unspecified atom stereocenters. The molecule has 0 aliphatic heterocycles. The van der Waals surface area contributed by atoms with Gasteiger partial charge in [-0.25, -0.2) is 0 Å². The van der Waals surface area contributed by atoms with Crippen LogP contribution in [0.25, 0.3) is 10.1 Å². The summed E-state index contributed by atoms with van der Waals surface area (Å²) in [4.78, 5) is 26.9. The van der Waals surface area contributed by atoms with Gasteiger partial charge < -0.3 is 15.8 Å². The molecule has 7 heteroatoms. The van der Waals surface area contributed by atoms with Gasteiger partial charge in [0.25, 0.3) is 5.91 Å². The number of carbonyl (C=O) groups is 2. The molecule has 0 radical (unpaired) electrons. The third kappa shape index (κ3) is 3.29. The minimum absolute atomic E-state index is 0.134. The summed E-state index contributed by atoms with van der Waals surface area (Å²) in [7, 11) is 0. The third-order valence-corrected chi connectivity index (χ3v) is 4.14. The smallest absolute Gasteiger partial charge is 0.258 e. The van der Waals surface area contributed by atoms with E-state index in [2.05, 4.69) is 10.3 Å². The average molecular weight is 327 g/mol. The molecule has 0 aliphatic rings. The summed E-state index contributed by atoms with van der Waals surface area (Å²) in [6.45, 7) is 1.45. The second kappa shape index (κ2) is 6.05. The van der Waals surface area contributed by atoms with Crippen LogP contribution in [-0.2, 0) is 4.79 Å². The van der Waals surface area contributed by atoms with Crippen LogP contribution in [0.4, 0.5) is 5.69 Å². The van der Waals surface area contributed by atoms with Gasteiger partial charge in [0, 0.05) is 24.2 Å². The molecule has 3 rings (SSSR count). The highest BCUT2D eigenvalue weighted by Crippen LogP contribution is 2.34. The Morgan fingerprint density at radius 2 is 1.96 bits per heavy atom. The Labute approximate surface area is 135 Å². The summed E-state index contributed by atoms with van der Waals surface area (Å²) in [6, 6.07) is 8.67. The van der Waals surface area contributed by atoms with E-state index in [1.807, 2.05) is 0 Å². The molecule has 0 spiro atoms. The molecule has 2 heterocycles. The fourth-order valence-electron chi connectivity index (χ4n) is 2.08. The molecule has 6 nitrogen and oxygen atoms in total. The van der Waals surface area contributed by atoms with Crippen molar-refractivity contribution in [3.63, 3.8) is 0 Å².